The number of rotatable bonds is 6. The highest BCUT2D eigenvalue weighted by atomic mass is 35.5. The molecule has 0 aliphatic rings. The summed E-state index contributed by atoms with van der Waals surface area (Å²) >= 11 is 7.08. The van der Waals surface area contributed by atoms with Gasteiger partial charge in [0.05, 0.1) is 18.2 Å². The van der Waals surface area contributed by atoms with Crippen LogP contribution in [0.5, 0.6) is 0 Å². The van der Waals surface area contributed by atoms with E-state index in [-0.39, 0.29) is 18.4 Å². The highest BCUT2D eigenvalue weighted by molar-refractivity contribution is 7.14. The second-order valence-corrected chi connectivity index (χ2v) is 7.40. The molecule has 0 aliphatic carbocycles. The smallest absolute Gasteiger partial charge is 0.325 e. The average Bonchev–Trinajstić information content (AvgIpc) is 3.10. The van der Waals surface area contributed by atoms with Crippen molar-refractivity contribution in [2.45, 2.75) is 19.4 Å². The van der Waals surface area contributed by atoms with Gasteiger partial charge in [0.1, 0.15) is 0 Å². The maximum atomic E-state index is 12.2. The quantitative estimate of drug-likeness (QED) is 0.538. The van der Waals surface area contributed by atoms with Crippen LogP contribution in [0.4, 0.5) is 15.6 Å². The van der Waals surface area contributed by atoms with Gasteiger partial charge < -0.3 is 10.6 Å². The van der Waals surface area contributed by atoms with Crippen LogP contribution in [0.2, 0.25) is 5.02 Å². The Balaban J connectivity index is 1.50. The summed E-state index contributed by atoms with van der Waals surface area (Å²) in [7, 11) is 0. The number of aromatic nitrogens is 1. The van der Waals surface area contributed by atoms with Crippen molar-refractivity contribution in [3.8, 4) is 0 Å². The summed E-state index contributed by atoms with van der Waals surface area (Å²) in [6.07, 6.45) is 0.147. The van der Waals surface area contributed by atoms with Crippen LogP contribution in [-0.2, 0) is 11.2 Å². The molecule has 3 amide bonds. The molecule has 8 heteroatoms. The minimum Gasteiger partial charge on any atom is -0.349 e. The minimum atomic E-state index is -0.412. The molecule has 3 rings (SSSR count). The van der Waals surface area contributed by atoms with Crippen LogP contribution < -0.4 is 16.0 Å². The van der Waals surface area contributed by atoms with E-state index < -0.39 is 6.03 Å². The Kier molecular flexibility index (Phi) is 6.62. The fourth-order valence-electron chi connectivity index (χ4n) is 2.52. The van der Waals surface area contributed by atoms with E-state index in [1.54, 1.807) is 29.6 Å². The topological polar surface area (TPSA) is 83.1 Å². The summed E-state index contributed by atoms with van der Waals surface area (Å²) in [6.45, 7) is 1.93. The van der Waals surface area contributed by atoms with Gasteiger partial charge in [-0.15, -0.1) is 11.3 Å². The molecule has 0 spiro atoms. The Labute approximate surface area is 172 Å². The molecular formula is C20H19ClN4O2S. The largest absolute Gasteiger partial charge is 0.349 e. The van der Waals surface area contributed by atoms with Gasteiger partial charge in [0.15, 0.2) is 5.13 Å². The summed E-state index contributed by atoms with van der Waals surface area (Å²) in [5.41, 5.74) is 2.26. The van der Waals surface area contributed by atoms with E-state index in [1.807, 2.05) is 37.3 Å². The monoisotopic (exact) mass is 414 g/mol. The Morgan fingerprint density at radius 2 is 1.79 bits per heavy atom. The van der Waals surface area contributed by atoms with Crippen molar-refractivity contribution in [1.29, 1.82) is 0 Å². The van der Waals surface area contributed by atoms with Crippen molar-refractivity contribution in [3.63, 3.8) is 0 Å². The lowest BCUT2D eigenvalue weighted by Crippen LogP contribution is -2.28. The Hall–Kier alpha value is -2.90. The molecule has 0 fully saturated rings. The van der Waals surface area contributed by atoms with E-state index in [9.17, 15) is 9.59 Å². The molecule has 0 saturated carbocycles. The maximum Gasteiger partial charge on any atom is 0.325 e. The van der Waals surface area contributed by atoms with Gasteiger partial charge in [0.25, 0.3) is 0 Å². The number of urea groups is 1. The molecule has 6 nitrogen and oxygen atoms in total. The highest BCUT2D eigenvalue weighted by Crippen LogP contribution is 2.18. The van der Waals surface area contributed by atoms with E-state index in [4.69, 9.17) is 11.6 Å². The highest BCUT2D eigenvalue weighted by Gasteiger charge is 2.13. The van der Waals surface area contributed by atoms with Crippen LogP contribution in [0.1, 0.15) is 24.2 Å². The fraction of sp³-hybridized carbons (Fsp3) is 0.150. The lowest BCUT2D eigenvalue weighted by Gasteiger charge is -2.13. The maximum absolute atomic E-state index is 12.2. The standard InChI is InChI=1S/C20H19ClN4O2S/c1-13(14-5-3-2-4-6-14)22-18(26)11-17-12-28-20(24-17)25-19(27)23-16-9-7-15(21)8-10-16/h2-10,12-13H,11H2,1H3,(H,22,26)(H2,23,24,25,27)/t13-/m1/s1. The predicted molar refractivity (Wildman–Crippen MR) is 113 cm³/mol. The molecule has 1 heterocycles. The van der Waals surface area contributed by atoms with E-state index in [0.717, 1.165) is 5.56 Å². The summed E-state index contributed by atoms with van der Waals surface area (Å²) in [4.78, 5) is 28.6. The number of halogens is 1. The first-order valence-corrected chi connectivity index (χ1v) is 9.87. The lowest BCUT2D eigenvalue weighted by molar-refractivity contribution is -0.121. The number of carbonyl (C=O) groups is 2. The molecule has 0 saturated heterocycles. The molecule has 1 aromatic heterocycles. The van der Waals surface area contributed by atoms with Crippen molar-refractivity contribution in [2.75, 3.05) is 10.6 Å². The molecule has 3 N–H and O–H groups in total. The number of amides is 3. The average molecular weight is 415 g/mol. The van der Waals surface area contributed by atoms with Crippen LogP contribution in [0.25, 0.3) is 0 Å². The molecule has 1 atom stereocenters. The second kappa shape index (κ2) is 9.34. The van der Waals surface area contributed by atoms with Crippen LogP contribution in [0.3, 0.4) is 0 Å². The number of benzene rings is 2. The first-order chi connectivity index (χ1) is 13.5. The zero-order valence-electron chi connectivity index (χ0n) is 15.1. The third-order valence-electron chi connectivity index (χ3n) is 3.89. The van der Waals surface area contributed by atoms with Crippen LogP contribution in [-0.4, -0.2) is 16.9 Å². The zero-order valence-corrected chi connectivity index (χ0v) is 16.7. The van der Waals surface area contributed by atoms with Crippen molar-refractivity contribution in [2.24, 2.45) is 0 Å². The Bertz CT molecular complexity index is 944. The molecule has 28 heavy (non-hydrogen) atoms. The van der Waals surface area contributed by atoms with Gasteiger partial charge in [-0.05, 0) is 36.8 Å². The first-order valence-electron chi connectivity index (χ1n) is 8.62. The molecule has 0 radical (unpaired) electrons. The van der Waals surface area contributed by atoms with Crippen molar-refractivity contribution in [3.05, 3.63) is 76.3 Å². The molecule has 0 aliphatic heterocycles. The van der Waals surface area contributed by atoms with Gasteiger partial charge in [0, 0.05) is 16.1 Å². The first kappa shape index (κ1) is 19.9. The van der Waals surface area contributed by atoms with Crippen LogP contribution >= 0.6 is 22.9 Å². The van der Waals surface area contributed by atoms with Gasteiger partial charge in [-0.1, -0.05) is 41.9 Å². The molecule has 0 unspecified atom stereocenters. The number of carbonyl (C=O) groups excluding carboxylic acids is 2. The van der Waals surface area contributed by atoms with Gasteiger partial charge >= 0.3 is 6.03 Å². The fourth-order valence-corrected chi connectivity index (χ4v) is 3.35. The Morgan fingerprint density at radius 1 is 1.07 bits per heavy atom. The van der Waals surface area contributed by atoms with E-state index in [1.165, 1.54) is 11.3 Å². The summed E-state index contributed by atoms with van der Waals surface area (Å²) < 4.78 is 0. The number of anilines is 2. The van der Waals surface area contributed by atoms with E-state index >= 15 is 0 Å². The van der Waals surface area contributed by atoms with Crippen LogP contribution in [0, 0.1) is 0 Å². The van der Waals surface area contributed by atoms with Crippen LogP contribution in [0.15, 0.2) is 60.0 Å². The van der Waals surface area contributed by atoms with E-state index in [0.29, 0.717) is 21.5 Å². The molecule has 144 valence electrons. The summed E-state index contributed by atoms with van der Waals surface area (Å²) in [5, 5.41) is 11.1. The number of hydrogen-bond acceptors (Lipinski definition) is 4. The number of hydrogen-bond donors (Lipinski definition) is 3. The van der Waals surface area contributed by atoms with Crippen molar-refractivity contribution < 1.29 is 9.59 Å². The molecular weight excluding hydrogens is 396 g/mol. The van der Waals surface area contributed by atoms with E-state index in [2.05, 4.69) is 20.9 Å². The molecule has 3 aromatic rings. The van der Waals surface area contributed by atoms with Gasteiger partial charge in [0.2, 0.25) is 5.91 Å². The molecule has 0 bridgehead atoms. The van der Waals surface area contributed by atoms with Gasteiger partial charge in [-0.2, -0.15) is 0 Å². The zero-order chi connectivity index (χ0) is 19.9. The number of thiazole rings is 1. The third kappa shape index (κ3) is 5.80. The summed E-state index contributed by atoms with van der Waals surface area (Å²) in [5.74, 6) is -0.126. The SMILES string of the molecule is C[C@@H](NC(=O)Cc1csc(NC(=O)Nc2ccc(Cl)cc2)n1)c1ccccc1. The minimum absolute atomic E-state index is 0.0879. The third-order valence-corrected chi connectivity index (χ3v) is 4.95. The number of nitrogens with zero attached hydrogens (tertiary/aromatic N) is 1. The number of nitrogens with one attached hydrogen (secondary N) is 3. The normalized spacial score (nSPS) is 11.5. The predicted octanol–water partition coefficient (Wildman–Crippen LogP) is 4.86. The van der Waals surface area contributed by atoms with Crippen molar-refractivity contribution in [1.82, 2.24) is 10.3 Å². The Morgan fingerprint density at radius 3 is 2.50 bits per heavy atom. The lowest BCUT2D eigenvalue weighted by atomic mass is 10.1. The van der Waals surface area contributed by atoms with Crippen molar-refractivity contribution >= 4 is 45.7 Å². The van der Waals surface area contributed by atoms with Gasteiger partial charge in [-0.25, -0.2) is 9.78 Å². The van der Waals surface area contributed by atoms with Gasteiger partial charge in [-0.3, -0.25) is 10.1 Å². The molecule has 2 aromatic carbocycles. The second-order valence-electron chi connectivity index (χ2n) is 6.11. The summed E-state index contributed by atoms with van der Waals surface area (Å²) in [6, 6.07) is 16.0.